The Labute approximate surface area is 158 Å². The van der Waals surface area contributed by atoms with Crippen molar-refractivity contribution >= 4 is 12.4 Å². The van der Waals surface area contributed by atoms with E-state index >= 15 is 0 Å². The number of hydrogen-bond donors (Lipinski definition) is 0. The van der Waals surface area contributed by atoms with Crippen molar-refractivity contribution in [3.63, 3.8) is 0 Å². The van der Waals surface area contributed by atoms with Crippen LogP contribution in [-0.4, -0.2) is 33.0 Å². The third-order valence-electron chi connectivity index (χ3n) is 2.08. The Bertz CT molecular complexity index is 450. The van der Waals surface area contributed by atoms with Gasteiger partial charge in [-0.15, -0.1) is 0 Å². The Kier molecular flexibility index (Phi) is 8.81. The third kappa shape index (κ3) is 8.41. The van der Waals surface area contributed by atoms with Crippen LogP contribution in [0.15, 0.2) is 18.2 Å². The molecule has 0 spiro atoms. The van der Waals surface area contributed by atoms with Crippen LogP contribution in [0.25, 0.3) is 0 Å². The van der Waals surface area contributed by atoms with Gasteiger partial charge in [0.25, 0.3) is 0 Å². The largest absolute Gasteiger partial charge is 1.00 e. The predicted octanol–water partition coefficient (Wildman–Crippen LogP) is -0.158. The Morgan fingerprint density at radius 2 is 1.67 bits per heavy atom. The molecule has 0 fully saturated rings. The van der Waals surface area contributed by atoms with Gasteiger partial charge in [-0.2, -0.15) is 13.2 Å². The van der Waals surface area contributed by atoms with Crippen LogP contribution in [0.1, 0.15) is 0 Å². The second-order valence-electron chi connectivity index (χ2n) is 3.77. The van der Waals surface area contributed by atoms with Gasteiger partial charge < -0.3 is 22.4 Å². The summed E-state index contributed by atoms with van der Waals surface area (Å²) in [6.45, 7) is -8.07. The minimum Gasteiger partial charge on any atom is -0.494 e. The summed E-state index contributed by atoms with van der Waals surface area (Å²) in [6.07, 6.45) is -4.53. The Morgan fingerprint density at radius 1 is 1.05 bits per heavy atom. The molecule has 11 heteroatoms. The second-order valence-corrected chi connectivity index (χ2v) is 3.77. The van der Waals surface area contributed by atoms with Gasteiger partial charge >= 0.3 is 64.5 Å². The summed E-state index contributed by atoms with van der Waals surface area (Å²) < 4.78 is 94.6. The molecule has 1 rings (SSSR count). The molecule has 0 bridgehead atoms. The Morgan fingerprint density at radius 3 is 2.19 bits per heavy atom. The molecule has 0 unspecified atom stereocenters. The number of rotatable bonds is 6. The maximum Gasteiger partial charge on any atom is 1.00 e. The quantitative estimate of drug-likeness (QED) is 0.406. The summed E-state index contributed by atoms with van der Waals surface area (Å²) in [6, 6.07) is 1.66. The zero-order chi connectivity index (χ0) is 15.4. The Balaban J connectivity index is 0.00000400. The normalized spacial score (nSPS) is 12.0. The van der Waals surface area contributed by atoms with Crippen molar-refractivity contribution in [3.05, 3.63) is 24.0 Å². The SMILES string of the molecule is Fc1ccc([B-](F)(F)F)c(OCCOCC(F)(F)F)c1.[K+]. The molecule has 0 atom stereocenters. The van der Waals surface area contributed by atoms with E-state index in [0.717, 1.165) is 0 Å². The maximum atomic E-state index is 12.8. The standard InChI is InChI=1S/C10H9BF7O2.K/c12-7-1-2-8(11(16,17)18)9(5-7)20-4-3-19-6-10(13,14)15;/h1-2,5H,3-4,6H2;/q-1;+1. The molecular formula is C10H9BF7KO2. The molecule has 0 aromatic heterocycles. The van der Waals surface area contributed by atoms with Gasteiger partial charge in [0, 0.05) is 6.07 Å². The van der Waals surface area contributed by atoms with Crippen molar-refractivity contribution in [1.29, 1.82) is 0 Å². The van der Waals surface area contributed by atoms with E-state index in [1.807, 2.05) is 0 Å². The molecule has 0 amide bonds. The number of halogens is 7. The van der Waals surface area contributed by atoms with E-state index in [1.54, 1.807) is 0 Å². The van der Waals surface area contributed by atoms with Crippen LogP contribution in [0.4, 0.5) is 30.5 Å². The minimum atomic E-state index is -5.41. The van der Waals surface area contributed by atoms with Gasteiger partial charge in [0.05, 0.1) is 12.4 Å². The summed E-state index contributed by atoms with van der Waals surface area (Å²) in [5.41, 5.74) is -1.15. The molecule has 0 aliphatic rings. The molecule has 0 saturated heterocycles. The molecule has 0 aliphatic heterocycles. The van der Waals surface area contributed by atoms with E-state index in [0.29, 0.717) is 18.2 Å². The maximum absolute atomic E-state index is 12.8. The summed E-state index contributed by atoms with van der Waals surface area (Å²) in [7, 11) is 0. The average molecular weight is 344 g/mol. The molecule has 21 heavy (non-hydrogen) atoms. The van der Waals surface area contributed by atoms with Crippen molar-refractivity contribution in [2.24, 2.45) is 0 Å². The van der Waals surface area contributed by atoms with Gasteiger partial charge in [-0.25, -0.2) is 4.39 Å². The third-order valence-corrected chi connectivity index (χ3v) is 2.08. The first-order valence-corrected chi connectivity index (χ1v) is 5.36. The van der Waals surface area contributed by atoms with Crippen LogP contribution in [0.5, 0.6) is 5.75 Å². The van der Waals surface area contributed by atoms with Gasteiger partial charge in [-0.1, -0.05) is 11.5 Å². The molecule has 0 aliphatic carbocycles. The number of benzene rings is 1. The molecule has 114 valence electrons. The van der Waals surface area contributed by atoms with E-state index < -0.39 is 50.0 Å². The molecule has 1 aromatic rings. The van der Waals surface area contributed by atoms with Gasteiger partial charge in [-0.3, -0.25) is 0 Å². The minimum absolute atomic E-state index is 0. The zero-order valence-corrected chi connectivity index (χ0v) is 14.0. The van der Waals surface area contributed by atoms with E-state index in [2.05, 4.69) is 9.47 Å². The summed E-state index contributed by atoms with van der Waals surface area (Å²) >= 11 is 0. The fourth-order valence-electron chi connectivity index (χ4n) is 1.30. The predicted molar refractivity (Wildman–Crippen MR) is 57.5 cm³/mol. The topological polar surface area (TPSA) is 18.5 Å². The Hall–Kier alpha value is 0.191. The van der Waals surface area contributed by atoms with E-state index in [4.69, 9.17) is 0 Å². The number of alkyl halides is 3. The summed E-state index contributed by atoms with van der Waals surface area (Å²) in [4.78, 5) is 0. The second kappa shape index (κ2) is 8.73. The molecule has 0 heterocycles. The first-order chi connectivity index (χ1) is 9.09. The van der Waals surface area contributed by atoms with E-state index in [9.17, 15) is 30.5 Å². The van der Waals surface area contributed by atoms with Gasteiger partial charge in [-0.05, 0) is 6.07 Å². The van der Waals surface area contributed by atoms with Gasteiger partial charge in [0.1, 0.15) is 19.0 Å². The van der Waals surface area contributed by atoms with Crippen molar-refractivity contribution in [1.82, 2.24) is 0 Å². The van der Waals surface area contributed by atoms with Crippen molar-refractivity contribution in [3.8, 4) is 5.75 Å². The fraction of sp³-hybridized carbons (Fsp3) is 0.400. The van der Waals surface area contributed by atoms with Crippen molar-refractivity contribution in [2.45, 2.75) is 6.18 Å². The molecule has 0 radical (unpaired) electrons. The van der Waals surface area contributed by atoms with Gasteiger partial charge in [0.15, 0.2) is 0 Å². The molecule has 2 nitrogen and oxygen atoms in total. The van der Waals surface area contributed by atoms with E-state index in [1.165, 1.54) is 0 Å². The van der Waals surface area contributed by atoms with Crippen LogP contribution >= 0.6 is 0 Å². The smallest absolute Gasteiger partial charge is 0.494 e. The first kappa shape index (κ1) is 21.2. The van der Waals surface area contributed by atoms with Crippen molar-refractivity contribution < 1.29 is 91.4 Å². The van der Waals surface area contributed by atoms with Crippen molar-refractivity contribution in [2.75, 3.05) is 19.8 Å². The zero-order valence-electron chi connectivity index (χ0n) is 10.9. The fourth-order valence-corrected chi connectivity index (χ4v) is 1.30. The number of hydrogen-bond acceptors (Lipinski definition) is 2. The van der Waals surface area contributed by atoms with Crippen LogP contribution in [-0.2, 0) is 4.74 Å². The number of ether oxygens (including phenoxy) is 2. The summed E-state index contributed by atoms with van der Waals surface area (Å²) in [5.74, 6) is -1.71. The van der Waals surface area contributed by atoms with E-state index in [-0.39, 0.29) is 51.4 Å². The summed E-state index contributed by atoms with van der Waals surface area (Å²) in [5, 5.41) is 0. The van der Waals surface area contributed by atoms with Crippen LogP contribution in [0, 0.1) is 5.82 Å². The molecular weight excluding hydrogens is 335 g/mol. The molecule has 1 aromatic carbocycles. The van der Waals surface area contributed by atoms with Crippen LogP contribution < -0.4 is 61.6 Å². The van der Waals surface area contributed by atoms with Crippen LogP contribution in [0.2, 0.25) is 0 Å². The first-order valence-electron chi connectivity index (χ1n) is 5.36. The monoisotopic (exact) mass is 344 g/mol. The van der Waals surface area contributed by atoms with Gasteiger partial charge in [0.2, 0.25) is 0 Å². The van der Waals surface area contributed by atoms with Crippen LogP contribution in [0.3, 0.4) is 0 Å². The molecule has 0 saturated carbocycles. The molecule has 0 N–H and O–H groups in total. The average Bonchev–Trinajstić information content (AvgIpc) is 2.25.